The number of rotatable bonds is 9. The fourth-order valence-corrected chi connectivity index (χ4v) is 6.22. The van der Waals surface area contributed by atoms with E-state index in [0.29, 0.717) is 47.7 Å². The highest BCUT2D eigenvalue weighted by Gasteiger charge is 2.26. The number of carbonyl (C=O) groups is 1. The minimum absolute atomic E-state index is 0.0747. The highest BCUT2D eigenvalue weighted by atomic mass is 32.2. The lowest BCUT2D eigenvalue weighted by Gasteiger charge is -2.30. The van der Waals surface area contributed by atoms with Crippen LogP contribution in [-0.2, 0) is 34.3 Å². The molecule has 2 aromatic carbocycles. The summed E-state index contributed by atoms with van der Waals surface area (Å²) in [7, 11) is 3.60. The molecule has 0 aliphatic carbocycles. The number of carbonyl (C=O) groups excluding carboxylic acids is 1. The monoisotopic (exact) mass is 487 g/mol. The third-order valence-electron chi connectivity index (χ3n) is 6.34. The summed E-state index contributed by atoms with van der Waals surface area (Å²) in [5, 5.41) is 0. The lowest BCUT2D eigenvalue weighted by Crippen LogP contribution is -2.36. The Bertz CT molecular complexity index is 1120. The highest BCUT2D eigenvalue weighted by Crippen LogP contribution is 2.28. The number of sulfonamides is 1. The number of fused-ring (bicyclic) bond motifs is 1. The van der Waals surface area contributed by atoms with Gasteiger partial charge in [-0.25, -0.2) is 12.7 Å². The molecule has 186 valence electrons. The summed E-state index contributed by atoms with van der Waals surface area (Å²) in [6.45, 7) is 6.07. The van der Waals surface area contributed by atoms with Crippen LogP contribution in [0.3, 0.4) is 0 Å². The van der Waals surface area contributed by atoms with Crippen LogP contribution in [0.5, 0.6) is 5.75 Å². The van der Waals surface area contributed by atoms with E-state index in [0.717, 1.165) is 13.0 Å². The Hall–Kier alpha value is -2.42. The van der Waals surface area contributed by atoms with Gasteiger partial charge in [0.15, 0.2) is 0 Å². The van der Waals surface area contributed by atoms with E-state index >= 15 is 0 Å². The molecule has 3 rings (SSSR count). The van der Waals surface area contributed by atoms with Gasteiger partial charge in [0, 0.05) is 39.6 Å². The molecular formula is C26H37N3O4S. The van der Waals surface area contributed by atoms with E-state index in [-0.39, 0.29) is 12.5 Å². The van der Waals surface area contributed by atoms with Crippen LogP contribution < -0.4 is 4.74 Å². The van der Waals surface area contributed by atoms with E-state index in [9.17, 15) is 13.2 Å². The third kappa shape index (κ3) is 5.98. The van der Waals surface area contributed by atoms with Gasteiger partial charge in [0.05, 0.1) is 12.0 Å². The highest BCUT2D eigenvalue weighted by molar-refractivity contribution is 7.89. The van der Waals surface area contributed by atoms with Crippen LogP contribution in [0.15, 0.2) is 35.2 Å². The van der Waals surface area contributed by atoms with Crippen molar-refractivity contribution in [1.82, 2.24) is 14.1 Å². The van der Waals surface area contributed by atoms with Crippen LogP contribution in [0.2, 0.25) is 0 Å². The van der Waals surface area contributed by atoms with E-state index in [4.69, 9.17) is 4.74 Å². The Morgan fingerprint density at radius 1 is 1.06 bits per heavy atom. The van der Waals surface area contributed by atoms with Gasteiger partial charge in [-0.05, 0) is 80.7 Å². The second-order valence-corrected chi connectivity index (χ2v) is 11.4. The first-order valence-corrected chi connectivity index (χ1v) is 13.1. The van der Waals surface area contributed by atoms with Crippen molar-refractivity contribution in [2.45, 2.75) is 51.1 Å². The molecule has 7 nitrogen and oxygen atoms in total. The van der Waals surface area contributed by atoms with Gasteiger partial charge < -0.3 is 14.5 Å². The van der Waals surface area contributed by atoms with Gasteiger partial charge in [-0.15, -0.1) is 0 Å². The fraction of sp³-hybridized carbons (Fsp3) is 0.500. The number of hydrogen-bond donors (Lipinski definition) is 0. The van der Waals surface area contributed by atoms with Crippen LogP contribution in [0.25, 0.3) is 0 Å². The van der Waals surface area contributed by atoms with Gasteiger partial charge in [0.25, 0.3) is 0 Å². The summed E-state index contributed by atoms with van der Waals surface area (Å²) < 4.78 is 32.9. The average molecular weight is 488 g/mol. The van der Waals surface area contributed by atoms with Gasteiger partial charge in [-0.1, -0.05) is 18.2 Å². The summed E-state index contributed by atoms with van der Waals surface area (Å²) in [6.07, 6.45) is 1.66. The van der Waals surface area contributed by atoms with Crippen molar-refractivity contribution in [3.8, 4) is 5.75 Å². The second kappa shape index (κ2) is 10.9. The Morgan fingerprint density at radius 2 is 1.74 bits per heavy atom. The lowest BCUT2D eigenvalue weighted by atomic mass is 9.97. The van der Waals surface area contributed by atoms with Crippen molar-refractivity contribution in [3.05, 3.63) is 58.1 Å². The molecule has 1 amide bonds. The molecule has 0 spiro atoms. The maximum Gasteiger partial charge on any atom is 0.243 e. The summed E-state index contributed by atoms with van der Waals surface area (Å²) in [4.78, 5) is 17.2. The quantitative estimate of drug-likeness (QED) is 0.543. The molecule has 1 aliphatic heterocycles. The molecule has 0 aromatic heterocycles. The summed E-state index contributed by atoms with van der Waals surface area (Å²) in [5.41, 5.74) is 5.11. The van der Waals surface area contributed by atoms with Gasteiger partial charge in [-0.3, -0.25) is 4.79 Å². The number of aryl methyl sites for hydroxylation is 2. The fourth-order valence-electron chi connectivity index (χ4n) is 4.61. The first-order chi connectivity index (χ1) is 16.0. The van der Waals surface area contributed by atoms with Crippen molar-refractivity contribution in [2.24, 2.45) is 0 Å². The van der Waals surface area contributed by atoms with Crippen molar-refractivity contribution < 1.29 is 17.9 Å². The SMILES string of the molecule is COc1cc(C)c(S(=O)(=O)N(C)CCCC(=O)N2CCc3cc(CN(C)C)ccc3C2)c(C)c1. The minimum Gasteiger partial charge on any atom is -0.497 e. The van der Waals surface area contributed by atoms with Crippen molar-refractivity contribution >= 4 is 15.9 Å². The molecule has 1 heterocycles. The summed E-state index contributed by atoms with van der Waals surface area (Å²) >= 11 is 0. The number of amides is 1. The Balaban J connectivity index is 1.57. The minimum atomic E-state index is -3.65. The van der Waals surface area contributed by atoms with E-state index in [2.05, 4.69) is 37.2 Å². The van der Waals surface area contributed by atoms with Crippen LogP contribution in [0, 0.1) is 13.8 Å². The van der Waals surface area contributed by atoms with E-state index in [1.165, 1.54) is 21.0 Å². The molecule has 0 bridgehead atoms. The van der Waals surface area contributed by atoms with E-state index in [1.807, 2.05) is 4.90 Å². The predicted molar refractivity (Wildman–Crippen MR) is 134 cm³/mol. The molecule has 0 saturated carbocycles. The van der Waals surface area contributed by atoms with Gasteiger partial charge in [0.1, 0.15) is 5.75 Å². The molecule has 0 unspecified atom stereocenters. The van der Waals surface area contributed by atoms with E-state index < -0.39 is 10.0 Å². The van der Waals surface area contributed by atoms with Crippen LogP contribution in [-0.4, -0.2) is 69.8 Å². The zero-order valence-electron chi connectivity index (χ0n) is 21.2. The molecule has 0 fully saturated rings. The van der Waals surface area contributed by atoms with E-state index in [1.54, 1.807) is 40.1 Å². The van der Waals surface area contributed by atoms with Gasteiger partial charge in [0.2, 0.25) is 15.9 Å². The molecule has 0 atom stereocenters. The Kier molecular flexibility index (Phi) is 8.38. The average Bonchev–Trinajstić information content (AvgIpc) is 2.77. The maximum atomic E-state index is 13.2. The molecule has 0 saturated heterocycles. The number of ether oxygens (including phenoxy) is 1. The smallest absolute Gasteiger partial charge is 0.243 e. The van der Waals surface area contributed by atoms with Gasteiger partial charge >= 0.3 is 0 Å². The summed E-state index contributed by atoms with van der Waals surface area (Å²) in [6, 6.07) is 9.98. The number of nitrogens with zero attached hydrogens (tertiary/aromatic N) is 3. The van der Waals surface area contributed by atoms with Crippen molar-refractivity contribution in [2.75, 3.05) is 41.3 Å². The topological polar surface area (TPSA) is 70.2 Å². The molecule has 0 radical (unpaired) electrons. The molecule has 0 N–H and O–H groups in total. The number of methoxy groups -OCH3 is 1. The largest absolute Gasteiger partial charge is 0.497 e. The van der Waals surface area contributed by atoms with Gasteiger partial charge in [-0.2, -0.15) is 0 Å². The molecular weight excluding hydrogens is 450 g/mol. The maximum absolute atomic E-state index is 13.2. The van der Waals surface area contributed by atoms with Crippen LogP contribution in [0.1, 0.15) is 40.7 Å². The number of hydrogen-bond acceptors (Lipinski definition) is 5. The number of benzene rings is 2. The lowest BCUT2D eigenvalue weighted by molar-refractivity contribution is -0.132. The Morgan fingerprint density at radius 3 is 2.35 bits per heavy atom. The first kappa shape index (κ1) is 26.2. The predicted octanol–water partition coefficient (Wildman–Crippen LogP) is 3.36. The zero-order chi connectivity index (χ0) is 25.0. The molecule has 34 heavy (non-hydrogen) atoms. The van der Waals surface area contributed by atoms with Crippen molar-refractivity contribution in [3.63, 3.8) is 0 Å². The molecule has 1 aliphatic rings. The first-order valence-electron chi connectivity index (χ1n) is 11.7. The molecule has 2 aromatic rings. The third-order valence-corrected chi connectivity index (χ3v) is 8.50. The van der Waals surface area contributed by atoms with Crippen molar-refractivity contribution in [1.29, 1.82) is 0 Å². The van der Waals surface area contributed by atoms with Crippen LogP contribution >= 0.6 is 0 Å². The summed E-state index contributed by atoms with van der Waals surface area (Å²) in [5.74, 6) is 0.713. The zero-order valence-corrected chi connectivity index (χ0v) is 22.0. The molecule has 8 heteroatoms. The Labute approximate surface area is 204 Å². The van der Waals surface area contributed by atoms with Crippen LogP contribution in [0.4, 0.5) is 0 Å². The normalized spacial score (nSPS) is 13.9. The standard InChI is InChI=1S/C26H37N3O4S/c1-19-14-24(33-6)15-20(2)26(19)34(31,32)28(5)12-7-8-25(30)29-13-11-22-16-21(17-27(3)4)9-10-23(22)18-29/h9-10,14-16H,7-8,11-13,17-18H2,1-6H3. The second-order valence-electron chi connectivity index (χ2n) is 9.43.